The maximum atomic E-state index is 11.7. The fourth-order valence-corrected chi connectivity index (χ4v) is 2.13. The number of H-pyrrole nitrogens is 1. The van der Waals surface area contributed by atoms with E-state index < -0.39 is 0 Å². The highest BCUT2D eigenvalue weighted by atomic mass is 16.1. The first-order valence-corrected chi connectivity index (χ1v) is 7.52. The van der Waals surface area contributed by atoms with Crippen LogP contribution in [0.3, 0.4) is 0 Å². The lowest BCUT2D eigenvalue weighted by Crippen LogP contribution is -2.04. The smallest absolute Gasteiger partial charge is 0.178 e. The summed E-state index contributed by atoms with van der Waals surface area (Å²) in [6.45, 7) is 3.39. The van der Waals surface area contributed by atoms with Gasteiger partial charge in [0.15, 0.2) is 17.4 Å². The number of aromatic nitrogens is 4. The molecule has 0 saturated carbocycles. The van der Waals surface area contributed by atoms with Gasteiger partial charge in [0.1, 0.15) is 11.5 Å². The molecule has 2 N–H and O–H groups in total. The predicted molar refractivity (Wildman–Crippen MR) is 94.0 cm³/mol. The highest BCUT2D eigenvalue weighted by molar-refractivity contribution is 5.93. The molecule has 0 aliphatic rings. The Kier molecular flexibility index (Phi) is 4.47. The van der Waals surface area contributed by atoms with Crippen LogP contribution in [0.15, 0.2) is 42.5 Å². The zero-order valence-corrected chi connectivity index (χ0v) is 13.4. The van der Waals surface area contributed by atoms with Gasteiger partial charge < -0.3 is 5.32 Å². The van der Waals surface area contributed by atoms with Gasteiger partial charge in [-0.15, -0.1) is 0 Å². The molecule has 0 unspecified atom stereocenters. The molecular weight excluding hydrogens is 302 g/mol. The molecule has 0 saturated heterocycles. The first-order chi connectivity index (χ1) is 11.6. The van der Waals surface area contributed by atoms with Gasteiger partial charge in [-0.1, -0.05) is 36.4 Å². The fourth-order valence-electron chi connectivity index (χ4n) is 2.13. The van der Waals surface area contributed by atoms with Crippen molar-refractivity contribution in [1.29, 1.82) is 0 Å². The number of nitrogens with zero attached hydrogens (tertiary/aromatic N) is 3. The van der Waals surface area contributed by atoms with E-state index in [1.807, 2.05) is 49.4 Å². The Morgan fingerprint density at radius 2 is 1.88 bits per heavy atom. The Bertz CT molecular complexity index is 883. The standard InChI is InChI=1S/C18H17N5O/c1-12-10-18(23-22-12)21-17-11-15(13(2)24)19-16(20-17)9-8-14-6-4-3-5-7-14/h3-11H,1-2H3,(H2,19,20,21,22,23)/b9-8+. The molecular formula is C18H17N5O. The molecule has 0 aliphatic heterocycles. The highest BCUT2D eigenvalue weighted by Crippen LogP contribution is 2.15. The molecule has 0 spiro atoms. The number of anilines is 2. The lowest BCUT2D eigenvalue weighted by atomic mass is 10.2. The van der Waals surface area contributed by atoms with Crippen molar-refractivity contribution in [3.63, 3.8) is 0 Å². The van der Waals surface area contributed by atoms with E-state index in [1.54, 1.807) is 12.1 Å². The van der Waals surface area contributed by atoms with Crippen LogP contribution in [-0.4, -0.2) is 25.9 Å². The van der Waals surface area contributed by atoms with Gasteiger partial charge in [-0.05, 0) is 18.6 Å². The number of rotatable bonds is 5. The topological polar surface area (TPSA) is 83.6 Å². The molecule has 0 amide bonds. The van der Waals surface area contributed by atoms with E-state index in [-0.39, 0.29) is 5.78 Å². The summed E-state index contributed by atoms with van der Waals surface area (Å²) in [6.07, 6.45) is 3.68. The molecule has 24 heavy (non-hydrogen) atoms. The molecule has 6 heteroatoms. The molecule has 0 bridgehead atoms. The first-order valence-electron chi connectivity index (χ1n) is 7.52. The maximum Gasteiger partial charge on any atom is 0.178 e. The minimum Gasteiger partial charge on any atom is -0.323 e. The average Bonchev–Trinajstić information content (AvgIpc) is 2.98. The molecule has 3 rings (SSSR count). The average molecular weight is 319 g/mol. The van der Waals surface area contributed by atoms with Crippen LogP contribution in [0.25, 0.3) is 12.2 Å². The van der Waals surface area contributed by atoms with Crippen molar-refractivity contribution in [1.82, 2.24) is 20.2 Å². The van der Waals surface area contributed by atoms with Crippen LogP contribution in [0.1, 0.15) is 34.5 Å². The van der Waals surface area contributed by atoms with Gasteiger partial charge in [-0.25, -0.2) is 9.97 Å². The Labute approximate surface area is 139 Å². The summed E-state index contributed by atoms with van der Waals surface area (Å²) >= 11 is 0. The van der Waals surface area contributed by atoms with Crippen LogP contribution in [0.4, 0.5) is 11.6 Å². The van der Waals surface area contributed by atoms with E-state index in [0.717, 1.165) is 11.3 Å². The number of ketones is 1. The van der Waals surface area contributed by atoms with Crippen LogP contribution >= 0.6 is 0 Å². The monoisotopic (exact) mass is 319 g/mol. The zero-order valence-electron chi connectivity index (χ0n) is 13.4. The number of aryl methyl sites for hydroxylation is 1. The normalized spacial score (nSPS) is 10.9. The van der Waals surface area contributed by atoms with Gasteiger partial charge in [0.05, 0.1) is 0 Å². The summed E-state index contributed by atoms with van der Waals surface area (Å²) in [5.41, 5.74) is 2.32. The van der Waals surface area contributed by atoms with Crippen LogP contribution in [0.5, 0.6) is 0 Å². The highest BCUT2D eigenvalue weighted by Gasteiger charge is 2.08. The van der Waals surface area contributed by atoms with Crippen molar-refractivity contribution < 1.29 is 4.79 Å². The van der Waals surface area contributed by atoms with Gasteiger partial charge in [0.25, 0.3) is 0 Å². The van der Waals surface area contributed by atoms with Crippen LogP contribution in [0.2, 0.25) is 0 Å². The zero-order chi connectivity index (χ0) is 16.9. The van der Waals surface area contributed by atoms with Crippen molar-refractivity contribution in [3.05, 3.63) is 65.2 Å². The second-order valence-electron chi connectivity index (χ2n) is 5.36. The van der Waals surface area contributed by atoms with Crippen LogP contribution in [0, 0.1) is 6.92 Å². The molecule has 2 aromatic heterocycles. The third-order valence-corrected chi connectivity index (χ3v) is 3.29. The van der Waals surface area contributed by atoms with Crippen molar-refractivity contribution in [2.45, 2.75) is 13.8 Å². The molecule has 1 aromatic carbocycles. The minimum absolute atomic E-state index is 0.118. The lowest BCUT2D eigenvalue weighted by Gasteiger charge is -2.05. The van der Waals surface area contributed by atoms with Gasteiger partial charge in [-0.3, -0.25) is 9.89 Å². The summed E-state index contributed by atoms with van der Waals surface area (Å²) in [7, 11) is 0. The summed E-state index contributed by atoms with van der Waals surface area (Å²) in [6, 6.07) is 13.3. The van der Waals surface area contributed by atoms with Crippen molar-refractivity contribution in [2.75, 3.05) is 5.32 Å². The van der Waals surface area contributed by atoms with Crippen LogP contribution in [-0.2, 0) is 0 Å². The van der Waals surface area contributed by atoms with Crippen molar-refractivity contribution >= 4 is 29.6 Å². The summed E-state index contributed by atoms with van der Waals surface area (Å²) in [4.78, 5) is 20.4. The number of aromatic amines is 1. The summed E-state index contributed by atoms with van der Waals surface area (Å²) in [5, 5.41) is 10.0. The molecule has 2 heterocycles. The van der Waals surface area contributed by atoms with E-state index in [0.29, 0.717) is 23.2 Å². The Morgan fingerprint density at radius 1 is 1.08 bits per heavy atom. The second kappa shape index (κ2) is 6.87. The van der Waals surface area contributed by atoms with E-state index >= 15 is 0 Å². The number of hydrogen-bond acceptors (Lipinski definition) is 5. The molecule has 6 nitrogen and oxygen atoms in total. The molecule has 3 aromatic rings. The summed E-state index contributed by atoms with van der Waals surface area (Å²) in [5.74, 6) is 1.50. The number of Topliss-reactive ketones (excluding diaryl/α,β-unsaturated/α-hetero) is 1. The first kappa shape index (κ1) is 15.6. The van der Waals surface area contributed by atoms with Crippen molar-refractivity contribution in [3.8, 4) is 0 Å². The number of hydrogen-bond donors (Lipinski definition) is 2. The fraction of sp³-hybridized carbons (Fsp3) is 0.111. The molecule has 0 fully saturated rings. The van der Waals surface area contributed by atoms with E-state index in [9.17, 15) is 4.79 Å². The number of benzene rings is 1. The minimum atomic E-state index is -0.118. The number of carbonyl (C=O) groups is 1. The van der Waals surface area contributed by atoms with Gasteiger partial charge in [0.2, 0.25) is 0 Å². The van der Waals surface area contributed by atoms with Crippen LogP contribution < -0.4 is 5.32 Å². The van der Waals surface area contributed by atoms with E-state index in [2.05, 4.69) is 25.5 Å². The van der Waals surface area contributed by atoms with Crippen molar-refractivity contribution in [2.24, 2.45) is 0 Å². The molecule has 0 atom stereocenters. The SMILES string of the molecule is CC(=O)c1cc(Nc2cc(C)[nH]n2)nc(/C=C/c2ccccc2)n1. The molecule has 120 valence electrons. The summed E-state index contributed by atoms with van der Waals surface area (Å²) < 4.78 is 0. The third kappa shape index (κ3) is 3.92. The molecule has 0 aliphatic carbocycles. The Hall–Kier alpha value is -3.28. The Balaban J connectivity index is 1.90. The number of carbonyl (C=O) groups excluding carboxylic acids is 1. The lowest BCUT2D eigenvalue weighted by molar-refractivity contribution is 0.101. The quantitative estimate of drug-likeness (QED) is 0.702. The molecule has 0 radical (unpaired) electrons. The third-order valence-electron chi connectivity index (χ3n) is 3.29. The number of nitrogens with one attached hydrogen (secondary N) is 2. The van der Waals surface area contributed by atoms with Gasteiger partial charge in [0, 0.05) is 24.8 Å². The maximum absolute atomic E-state index is 11.7. The van der Waals surface area contributed by atoms with Gasteiger partial charge in [-0.2, -0.15) is 5.10 Å². The largest absolute Gasteiger partial charge is 0.323 e. The van der Waals surface area contributed by atoms with E-state index in [4.69, 9.17) is 0 Å². The predicted octanol–water partition coefficient (Wildman–Crippen LogP) is 3.62. The van der Waals surface area contributed by atoms with Gasteiger partial charge >= 0.3 is 0 Å². The van der Waals surface area contributed by atoms with E-state index in [1.165, 1.54) is 6.92 Å². The second-order valence-corrected chi connectivity index (χ2v) is 5.36. The Morgan fingerprint density at radius 3 is 2.54 bits per heavy atom.